The molecule has 1 saturated carbocycles. The molecule has 2 rings (SSSR count). The van der Waals surface area contributed by atoms with E-state index in [2.05, 4.69) is 17.6 Å². The van der Waals surface area contributed by atoms with Crippen LogP contribution >= 0.6 is 12.4 Å². The largest absolute Gasteiger partial charge is 0.351 e. The van der Waals surface area contributed by atoms with Gasteiger partial charge in [0.05, 0.1) is 5.92 Å². The molecule has 3 nitrogen and oxygen atoms in total. The molecule has 1 heterocycles. The third-order valence-electron chi connectivity index (χ3n) is 3.56. The lowest BCUT2D eigenvalue weighted by atomic mass is 9.98. The average molecular weight is 233 g/mol. The molecule has 0 aromatic rings. The van der Waals surface area contributed by atoms with Gasteiger partial charge in [-0.05, 0) is 32.7 Å². The summed E-state index contributed by atoms with van der Waals surface area (Å²) in [6, 6.07) is 0. The minimum atomic E-state index is 0. The molecular formula is C11H21ClN2O. The second kappa shape index (κ2) is 5.17. The predicted octanol–water partition coefficient (Wildman–Crippen LogP) is 1.47. The third-order valence-corrected chi connectivity index (χ3v) is 3.56. The van der Waals surface area contributed by atoms with Gasteiger partial charge in [-0.25, -0.2) is 0 Å². The summed E-state index contributed by atoms with van der Waals surface area (Å²) in [5.41, 5.74) is 0.0969. The molecule has 1 amide bonds. The molecule has 2 aliphatic rings. The van der Waals surface area contributed by atoms with Crippen molar-refractivity contribution in [3.05, 3.63) is 0 Å². The highest BCUT2D eigenvalue weighted by atomic mass is 35.5. The quantitative estimate of drug-likeness (QED) is 0.757. The Bertz CT molecular complexity index is 221. The van der Waals surface area contributed by atoms with Crippen molar-refractivity contribution >= 4 is 18.3 Å². The number of amides is 1. The first-order chi connectivity index (χ1) is 6.70. The van der Waals surface area contributed by atoms with Crippen LogP contribution in [0.3, 0.4) is 0 Å². The minimum Gasteiger partial charge on any atom is -0.351 e. The second-order valence-corrected chi connectivity index (χ2v) is 4.95. The lowest BCUT2D eigenvalue weighted by Gasteiger charge is -2.26. The first-order valence-electron chi connectivity index (χ1n) is 5.72. The van der Waals surface area contributed by atoms with E-state index in [1.54, 1.807) is 0 Å². The van der Waals surface area contributed by atoms with E-state index >= 15 is 0 Å². The van der Waals surface area contributed by atoms with Crippen LogP contribution in [0, 0.1) is 5.92 Å². The fourth-order valence-electron chi connectivity index (χ4n) is 2.56. The van der Waals surface area contributed by atoms with Gasteiger partial charge in [0.25, 0.3) is 0 Å². The molecule has 1 aliphatic heterocycles. The Kier molecular flexibility index (Phi) is 4.41. The lowest BCUT2D eigenvalue weighted by molar-refractivity contribution is -0.126. The van der Waals surface area contributed by atoms with Crippen molar-refractivity contribution in [3.63, 3.8) is 0 Å². The molecule has 1 aliphatic carbocycles. The van der Waals surface area contributed by atoms with E-state index in [0.29, 0.717) is 0 Å². The Morgan fingerprint density at radius 1 is 1.40 bits per heavy atom. The molecule has 0 radical (unpaired) electrons. The summed E-state index contributed by atoms with van der Waals surface area (Å²) >= 11 is 0. The van der Waals surface area contributed by atoms with Crippen molar-refractivity contribution in [3.8, 4) is 0 Å². The predicted molar refractivity (Wildman–Crippen MR) is 63.2 cm³/mol. The fraction of sp³-hybridized carbons (Fsp3) is 0.909. The van der Waals surface area contributed by atoms with Gasteiger partial charge < -0.3 is 10.6 Å². The molecule has 0 aromatic heterocycles. The molecule has 1 saturated heterocycles. The smallest absolute Gasteiger partial charge is 0.224 e. The highest BCUT2D eigenvalue weighted by Gasteiger charge is 2.33. The van der Waals surface area contributed by atoms with Gasteiger partial charge in [-0.2, -0.15) is 0 Å². The fourth-order valence-corrected chi connectivity index (χ4v) is 2.56. The topological polar surface area (TPSA) is 41.1 Å². The number of hydrogen-bond donors (Lipinski definition) is 2. The molecule has 1 atom stereocenters. The van der Waals surface area contributed by atoms with Gasteiger partial charge >= 0.3 is 0 Å². The van der Waals surface area contributed by atoms with Gasteiger partial charge in [-0.3, -0.25) is 4.79 Å². The van der Waals surface area contributed by atoms with E-state index in [1.165, 1.54) is 12.8 Å². The first kappa shape index (κ1) is 12.8. The summed E-state index contributed by atoms with van der Waals surface area (Å²) in [6.07, 6.45) is 5.83. The van der Waals surface area contributed by atoms with Crippen LogP contribution in [0.1, 0.15) is 39.0 Å². The zero-order valence-corrected chi connectivity index (χ0v) is 10.2. The summed E-state index contributed by atoms with van der Waals surface area (Å²) in [4.78, 5) is 11.9. The van der Waals surface area contributed by atoms with Crippen molar-refractivity contribution in [2.24, 2.45) is 5.92 Å². The maximum absolute atomic E-state index is 11.9. The first-order valence-corrected chi connectivity index (χ1v) is 5.72. The Balaban J connectivity index is 0.00000112. The van der Waals surface area contributed by atoms with Crippen molar-refractivity contribution in [1.29, 1.82) is 0 Å². The Labute approximate surface area is 97.8 Å². The molecule has 15 heavy (non-hydrogen) atoms. The zero-order valence-electron chi connectivity index (χ0n) is 9.34. The van der Waals surface area contributed by atoms with Gasteiger partial charge in [-0.15, -0.1) is 12.4 Å². The van der Waals surface area contributed by atoms with E-state index in [-0.39, 0.29) is 29.8 Å². The molecule has 0 unspecified atom stereocenters. The van der Waals surface area contributed by atoms with Gasteiger partial charge in [-0.1, -0.05) is 12.8 Å². The molecule has 2 fully saturated rings. The maximum atomic E-state index is 11.9. The molecule has 0 bridgehead atoms. The summed E-state index contributed by atoms with van der Waals surface area (Å²) in [7, 11) is 0. The summed E-state index contributed by atoms with van der Waals surface area (Å²) in [5, 5.41) is 6.45. The maximum Gasteiger partial charge on any atom is 0.224 e. The number of rotatable bonds is 2. The number of carbonyl (C=O) groups is 1. The van der Waals surface area contributed by atoms with Gasteiger partial charge in [0, 0.05) is 12.1 Å². The number of nitrogens with one attached hydrogen (secondary N) is 2. The van der Waals surface area contributed by atoms with Crippen molar-refractivity contribution in [2.75, 3.05) is 13.1 Å². The van der Waals surface area contributed by atoms with Crippen molar-refractivity contribution < 1.29 is 4.79 Å². The Morgan fingerprint density at radius 2 is 2.07 bits per heavy atom. The minimum absolute atomic E-state index is 0. The third kappa shape index (κ3) is 3.08. The van der Waals surface area contributed by atoms with Crippen LogP contribution < -0.4 is 10.6 Å². The van der Waals surface area contributed by atoms with Gasteiger partial charge in [0.1, 0.15) is 0 Å². The van der Waals surface area contributed by atoms with E-state index in [1.807, 2.05) is 0 Å². The Hall–Kier alpha value is -0.280. The number of hydrogen-bond acceptors (Lipinski definition) is 2. The molecule has 0 aromatic carbocycles. The van der Waals surface area contributed by atoms with Crippen LogP contribution in [-0.2, 0) is 4.79 Å². The van der Waals surface area contributed by atoms with E-state index in [9.17, 15) is 4.79 Å². The molecule has 88 valence electrons. The van der Waals surface area contributed by atoms with Crippen LogP contribution in [0.5, 0.6) is 0 Å². The van der Waals surface area contributed by atoms with Gasteiger partial charge in [0.2, 0.25) is 5.91 Å². The summed E-state index contributed by atoms with van der Waals surface area (Å²) < 4.78 is 0. The number of halogens is 1. The molecule has 4 heteroatoms. The van der Waals surface area contributed by atoms with Crippen molar-refractivity contribution in [2.45, 2.75) is 44.6 Å². The lowest BCUT2D eigenvalue weighted by Crippen LogP contribution is -2.46. The molecule has 0 spiro atoms. The van der Waals surface area contributed by atoms with Crippen LogP contribution in [0.25, 0.3) is 0 Å². The highest BCUT2D eigenvalue weighted by molar-refractivity contribution is 5.85. The van der Waals surface area contributed by atoms with E-state index in [0.717, 1.165) is 32.4 Å². The van der Waals surface area contributed by atoms with E-state index in [4.69, 9.17) is 0 Å². The van der Waals surface area contributed by atoms with Crippen LogP contribution in [0.4, 0.5) is 0 Å². The second-order valence-electron chi connectivity index (χ2n) is 4.95. The van der Waals surface area contributed by atoms with Crippen LogP contribution in [0.15, 0.2) is 0 Å². The molecular weight excluding hydrogens is 212 g/mol. The van der Waals surface area contributed by atoms with Crippen LogP contribution in [0.2, 0.25) is 0 Å². The summed E-state index contributed by atoms with van der Waals surface area (Å²) in [5.74, 6) is 0.479. The standard InChI is InChI=1S/C11H20N2O.ClH/c1-11(5-2-3-6-11)13-10(14)9-4-7-12-8-9;/h9,12H,2-8H2,1H3,(H,13,14);1H/t9-;/m0./s1. The summed E-state index contributed by atoms with van der Waals surface area (Å²) in [6.45, 7) is 4.04. The average Bonchev–Trinajstić information content (AvgIpc) is 2.74. The highest BCUT2D eigenvalue weighted by Crippen LogP contribution is 2.29. The zero-order chi connectivity index (χ0) is 10.0. The van der Waals surface area contributed by atoms with E-state index < -0.39 is 0 Å². The molecule has 2 N–H and O–H groups in total. The van der Waals surface area contributed by atoms with Crippen molar-refractivity contribution in [1.82, 2.24) is 10.6 Å². The van der Waals surface area contributed by atoms with Crippen LogP contribution in [-0.4, -0.2) is 24.5 Å². The SMILES string of the molecule is CC1(NC(=O)[C@H]2CCNC2)CCCC1.Cl. The normalized spacial score (nSPS) is 28.5. The Morgan fingerprint density at radius 3 is 2.60 bits per heavy atom. The van der Waals surface area contributed by atoms with Gasteiger partial charge in [0.15, 0.2) is 0 Å². The monoisotopic (exact) mass is 232 g/mol. The number of carbonyl (C=O) groups excluding carboxylic acids is 1.